The number of hydrogen-bond acceptors (Lipinski definition) is 18. The molecule has 1 N–H and O–H groups in total. The van der Waals surface area contributed by atoms with Gasteiger partial charge in [0, 0.05) is 48.5 Å². The number of rotatable bonds is 11. The zero-order chi connectivity index (χ0) is 33.3. The molecule has 0 aliphatic carbocycles. The largest absolute Gasteiger partial charge is 0.463 e. The Hall–Kier alpha value is -3.87. The summed E-state index contributed by atoms with van der Waals surface area (Å²) in [5.41, 5.74) is 0. The SMILES string of the molecule is CC(=O)OC[C@H]1O[C@@H](O)[C@H](OC(C)=O)[C@@H](O[C@H]2O[C@H](COC(C)=O)[C@@H](OC(C)=O)[C@H](OC(C)=O)[C@H]2OC(C)=O)[C@@H]1OC(C)=O. The Morgan fingerprint density at radius 3 is 1.27 bits per heavy atom. The van der Waals surface area contributed by atoms with Crippen LogP contribution in [-0.4, -0.2) is 122 Å². The van der Waals surface area contributed by atoms with Crippen molar-refractivity contribution in [3.63, 3.8) is 0 Å². The molecule has 2 saturated heterocycles. The van der Waals surface area contributed by atoms with Gasteiger partial charge >= 0.3 is 41.8 Å². The Kier molecular flexibility index (Phi) is 13.4. The summed E-state index contributed by atoms with van der Waals surface area (Å²) in [6.07, 6.45) is -16.4. The van der Waals surface area contributed by atoms with E-state index in [0.717, 1.165) is 48.5 Å². The Morgan fingerprint density at radius 2 is 0.841 bits per heavy atom. The van der Waals surface area contributed by atoms with Gasteiger partial charge in [-0.3, -0.25) is 33.6 Å². The summed E-state index contributed by atoms with van der Waals surface area (Å²) in [6, 6.07) is 0. The van der Waals surface area contributed by atoms with Crippen molar-refractivity contribution < 1.29 is 86.0 Å². The second-order valence-electron chi connectivity index (χ2n) is 9.68. The van der Waals surface area contributed by atoms with Gasteiger partial charge in [0.25, 0.3) is 0 Å². The van der Waals surface area contributed by atoms with E-state index in [9.17, 15) is 38.7 Å². The summed E-state index contributed by atoms with van der Waals surface area (Å²) in [7, 11) is 0. The van der Waals surface area contributed by atoms with Gasteiger partial charge in [-0.15, -0.1) is 0 Å². The van der Waals surface area contributed by atoms with Crippen molar-refractivity contribution in [1.29, 1.82) is 0 Å². The molecule has 0 aromatic carbocycles. The minimum atomic E-state index is -1.94. The normalized spacial score (nSPS) is 31.5. The highest BCUT2D eigenvalue weighted by molar-refractivity contribution is 5.69. The molecule has 0 aromatic rings. The van der Waals surface area contributed by atoms with Gasteiger partial charge < -0.3 is 52.5 Å². The van der Waals surface area contributed by atoms with Crippen molar-refractivity contribution in [2.45, 2.75) is 110 Å². The summed E-state index contributed by atoms with van der Waals surface area (Å²) < 4.78 is 54.0. The molecule has 2 aliphatic rings. The molecule has 0 unspecified atom stereocenters. The second-order valence-corrected chi connectivity index (χ2v) is 9.68. The zero-order valence-electron chi connectivity index (χ0n) is 25.1. The summed E-state index contributed by atoms with van der Waals surface area (Å²) in [4.78, 5) is 83.5. The lowest BCUT2D eigenvalue weighted by atomic mass is 9.96. The van der Waals surface area contributed by atoms with Crippen LogP contribution in [0.3, 0.4) is 0 Å². The molecule has 2 fully saturated rings. The van der Waals surface area contributed by atoms with Gasteiger partial charge in [-0.25, -0.2) is 0 Å². The molecule has 44 heavy (non-hydrogen) atoms. The van der Waals surface area contributed by atoms with Crippen LogP contribution < -0.4 is 0 Å². The van der Waals surface area contributed by atoms with Gasteiger partial charge in [-0.05, 0) is 0 Å². The molecule has 0 saturated carbocycles. The van der Waals surface area contributed by atoms with E-state index in [4.69, 9.17) is 47.4 Å². The maximum atomic E-state index is 12.2. The zero-order valence-corrected chi connectivity index (χ0v) is 25.1. The fraction of sp³-hybridized carbons (Fsp3) is 0.731. The highest BCUT2D eigenvalue weighted by Gasteiger charge is 2.57. The quantitative estimate of drug-likeness (QED) is 0.203. The van der Waals surface area contributed by atoms with E-state index >= 15 is 0 Å². The minimum absolute atomic E-state index is 0.560. The molecular weight excluding hydrogens is 600 g/mol. The van der Waals surface area contributed by atoms with Crippen molar-refractivity contribution in [3.05, 3.63) is 0 Å². The number of aliphatic hydroxyl groups excluding tert-OH is 1. The Bertz CT molecular complexity index is 1090. The molecule has 0 spiro atoms. The first-order valence-electron chi connectivity index (χ1n) is 13.3. The first kappa shape index (κ1) is 36.3. The number of carbonyl (C=O) groups excluding carboxylic acids is 7. The Morgan fingerprint density at radius 1 is 0.477 bits per heavy atom. The lowest BCUT2D eigenvalue weighted by molar-refractivity contribution is -0.357. The van der Waals surface area contributed by atoms with Crippen molar-refractivity contribution in [2.75, 3.05) is 13.2 Å². The molecule has 0 bridgehead atoms. The van der Waals surface area contributed by atoms with Crippen LogP contribution in [0.15, 0.2) is 0 Å². The molecular formula is C26H36O18. The summed E-state index contributed by atoms with van der Waals surface area (Å²) in [6.45, 7) is 6.13. The fourth-order valence-electron chi connectivity index (χ4n) is 4.49. The highest BCUT2D eigenvalue weighted by Crippen LogP contribution is 2.35. The first-order chi connectivity index (χ1) is 20.5. The van der Waals surface area contributed by atoms with Crippen LogP contribution in [0, 0.1) is 0 Å². The lowest BCUT2D eigenvalue weighted by Gasteiger charge is -2.48. The van der Waals surface area contributed by atoms with Crippen LogP contribution >= 0.6 is 0 Å². The smallest absolute Gasteiger partial charge is 0.303 e. The maximum absolute atomic E-state index is 12.2. The Balaban J connectivity index is 2.66. The van der Waals surface area contributed by atoms with Crippen LogP contribution in [0.5, 0.6) is 0 Å². The average Bonchev–Trinajstić information content (AvgIpc) is 2.87. The van der Waals surface area contributed by atoms with Gasteiger partial charge in [-0.2, -0.15) is 0 Å². The van der Waals surface area contributed by atoms with Crippen LogP contribution in [0.2, 0.25) is 0 Å². The highest BCUT2D eigenvalue weighted by atomic mass is 16.8. The molecule has 18 heteroatoms. The third kappa shape index (κ3) is 10.7. The van der Waals surface area contributed by atoms with Crippen molar-refractivity contribution in [1.82, 2.24) is 0 Å². The third-order valence-electron chi connectivity index (χ3n) is 5.90. The topological polar surface area (TPSA) is 232 Å². The standard InChI is InChI=1S/C26H36O18/c1-10(27)35-8-17-19(37-12(3)29)21(23(25(34)42-17)40-15(6)32)44-26-24(41-16(7)33)22(39-14(5)31)20(38-13(4)30)18(43-26)9-36-11(2)28/h17-26,34H,8-9H2,1-7H3/t17-,18-,19-,20-,21+,22+,23-,24-,25-,26-/m1/s1. The average molecular weight is 637 g/mol. The van der Waals surface area contributed by atoms with E-state index in [2.05, 4.69) is 0 Å². The van der Waals surface area contributed by atoms with Crippen LogP contribution in [0.25, 0.3) is 0 Å². The van der Waals surface area contributed by atoms with E-state index in [1.54, 1.807) is 0 Å². The number of ether oxygens (including phenoxy) is 10. The predicted molar refractivity (Wildman–Crippen MR) is 135 cm³/mol. The fourth-order valence-corrected chi connectivity index (χ4v) is 4.49. The van der Waals surface area contributed by atoms with Crippen LogP contribution in [0.4, 0.5) is 0 Å². The third-order valence-corrected chi connectivity index (χ3v) is 5.90. The van der Waals surface area contributed by atoms with E-state index in [1.807, 2.05) is 0 Å². The predicted octanol–water partition coefficient (Wildman–Crippen LogP) is -1.40. The van der Waals surface area contributed by atoms with Gasteiger partial charge in [0.2, 0.25) is 0 Å². The molecule has 2 heterocycles. The first-order valence-corrected chi connectivity index (χ1v) is 13.3. The van der Waals surface area contributed by atoms with E-state index < -0.39 is 116 Å². The summed E-state index contributed by atoms with van der Waals surface area (Å²) in [5, 5.41) is 10.8. The van der Waals surface area contributed by atoms with Crippen LogP contribution in [-0.2, 0) is 80.9 Å². The summed E-state index contributed by atoms with van der Waals surface area (Å²) >= 11 is 0. The second kappa shape index (κ2) is 16.3. The monoisotopic (exact) mass is 636 g/mol. The summed E-state index contributed by atoms with van der Waals surface area (Å²) in [5.74, 6) is -6.03. The number of aliphatic hydroxyl groups is 1. The van der Waals surface area contributed by atoms with Gasteiger partial charge in [0.15, 0.2) is 43.1 Å². The molecule has 0 radical (unpaired) electrons. The van der Waals surface area contributed by atoms with Gasteiger partial charge in [0.1, 0.15) is 31.5 Å². The van der Waals surface area contributed by atoms with E-state index in [-0.39, 0.29) is 0 Å². The molecule has 18 nitrogen and oxygen atoms in total. The van der Waals surface area contributed by atoms with E-state index in [0.29, 0.717) is 0 Å². The minimum Gasteiger partial charge on any atom is -0.463 e. The molecule has 10 atom stereocenters. The molecule has 2 rings (SSSR count). The number of esters is 7. The van der Waals surface area contributed by atoms with Gasteiger partial charge in [-0.1, -0.05) is 0 Å². The molecule has 0 aromatic heterocycles. The van der Waals surface area contributed by atoms with Crippen molar-refractivity contribution in [3.8, 4) is 0 Å². The molecule has 0 amide bonds. The number of hydrogen-bond donors (Lipinski definition) is 1. The maximum Gasteiger partial charge on any atom is 0.303 e. The lowest BCUT2D eigenvalue weighted by Crippen LogP contribution is -2.67. The number of carbonyl (C=O) groups is 7. The van der Waals surface area contributed by atoms with E-state index in [1.165, 1.54) is 0 Å². The van der Waals surface area contributed by atoms with Crippen LogP contribution in [0.1, 0.15) is 48.5 Å². The van der Waals surface area contributed by atoms with Crippen molar-refractivity contribution >= 4 is 41.8 Å². The Labute approximate surface area is 251 Å². The molecule has 2 aliphatic heterocycles. The van der Waals surface area contributed by atoms with Crippen molar-refractivity contribution in [2.24, 2.45) is 0 Å². The van der Waals surface area contributed by atoms with Gasteiger partial charge in [0.05, 0.1) is 0 Å². The molecule has 248 valence electrons.